The van der Waals surface area contributed by atoms with E-state index in [1.165, 1.54) is 5.56 Å². The Morgan fingerprint density at radius 3 is 2.48 bits per heavy atom. The third kappa shape index (κ3) is 5.05. The third-order valence-electron chi connectivity index (χ3n) is 3.89. The number of nitrogens with zero attached hydrogens (tertiary/aromatic N) is 1. The summed E-state index contributed by atoms with van der Waals surface area (Å²) in [5.74, 6) is 0.906. The second-order valence-corrected chi connectivity index (χ2v) is 7.08. The van der Waals surface area contributed by atoms with E-state index in [9.17, 15) is 4.79 Å². The molecule has 23 heavy (non-hydrogen) atoms. The van der Waals surface area contributed by atoms with Crippen molar-refractivity contribution in [2.75, 3.05) is 25.1 Å². The van der Waals surface area contributed by atoms with Crippen molar-refractivity contribution in [1.29, 1.82) is 0 Å². The summed E-state index contributed by atoms with van der Waals surface area (Å²) in [5.41, 5.74) is 1.85. The first kappa shape index (κ1) is 17.4. The molecule has 0 spiro atoms. The molecule has 5 nitrogen and oxygen atoms in total. The van der Waals surface area contributed by atoms with Crippen LogP contribution < -0.4 is 15.0 Å². The minimum Gasteiger partial charge on any atom is -0.495 e. The van der Waals surface area contributed by atoms with Crippen LogP contribution in [0.25, 0.3) is 0 Å². The quantitative estimate of drug-likeness (QED) is 0.926. The van der Waals surface area contributed by atoms with Crippen molar-refractivity contribution in [3.05, 3.63) is 23.8 Å². The van der Waals surface area contributed by atoms with Crippen molar-refractivity contribution in [3.8, 4) is 5.75 Å². The zero-order valence-corrected chi connectivity index (χ0v) is 14.8. The highest BCUT2D eigenvalue weighted by Gasteiger charge is 2.24. The lowest BCUT2D eigenvalue weighted by atomic mass is 10.0. The van der Waals surface area contributed by atoms with Gasteiger partial charge in [0.2, 0.25) is 0 Å². The van der Waals surface area contributed by atoms with Crippen LogP contribution in [-0.4, -0.2) is 37.9 Å². The van der Waals surface area contributed by atoms with Gasteiger partial charge in [0.15, 0.2) is 0 Å². The molecule has 0 saturated carbocycles. The smallest absolute Gasteiger partial charge is 0.407 e. The summed E-state index contributed by atoms with van der Waals surface area (Å²) in [7, 11) is 1.70. The predicted molar refractivity (Wildman–Crippen MR) is 92.3 cm³/mol. The van der Waals surface area contributed by atoms with Crippen LogP contribution >= 0.6 is 0 Å². The molecule has 0 aromatic heterocycles. The minimum atomic E-state index is -0.458. The van der Waals surface area contributed by atoms with Crippen LogP contribution in [0, 0.1) is 6.92 Å². The highest BCUT2D eigenvalue weighted by atomic mass is 16.6. The van der Waals surface area contributed by atoms with Gasteiger partial charge in [-0.2, -0.15) is 0 Å². The highest BCUT2D eigenvalue weighted by Crippen LogP contribution is 2.31. The molecule has 1 saturated heterocycles. The molecule has 0 unspecified atom stereocenters. The number of piperidine rings is 1. The van der Waals surface area contributed by atoms with E-state index in [1.807, 2.05) is 20.8 Å². The molecule has 1 heterocycles. The number of ether oxygens (including phenoxy) is 2. The van der Waals surface area contributed by atoms with E-state index in [0.717, 1.165) is 37.4 Å². The Morgan fingerprint density at radius 1 is 1.26 bits per heavy atom. The van der Waals surface area contributed by atoms with Crippen molar-refractivity contribution in [1.82, 2.24) is 5.32 Å². The summed E-state index contributed by atoms with van der Waals surface area (Å²) in [5, 5.41) is 2.97. The number of aryl methyl sites for hydroxylation is 1. The molecule has 1 aliphatic heterocycles. The molecule has 5 heteroatoms. The molecule has 1 aromatic rings. The predicted octanol–water partition coefficient (Wildman–Crippen LogP) is 3.50. The van der Waals surface area contributed by atoms with Crippen molar-refractivity contribution in [3.63, 3.8) is 0 Å². The summed E-state index contributed by atoms with van der Waals surface area (Å²) in [4.78, 5) is 14.2. The molecule has 0 radical (unpaired) electrons. The van der Waals surface area contributed by atoms with Crippen LogP contribution in [0.1, 0.15) is 39.2 Å². The first-order valence-electron chi connectivity index (χ1n) is 8.17. The van der Waals surface area contributed by atoms with Crippen LogP contribution in [0.3, 0.4) is 0 Å². The van der Waals surface area contributed by atoms with Crippen LogP contribution in [-0.2, 0) is 4.74 Å². The average molecular weight is 320 g/mol. The number of anilines is 1. The third-order valence-corrected chi connectivity index (χ3v) is 3.89. The molecule has 128 valence electrons. The number of methoxy groups -OCH3 is 1. The van der Waals surface area contributed by atoms with Gasteiger partial charge >= 0.3 is 6.09 Å². The molecule has 0 atom stereocenters. The average Bonchev–Trinajstić information content (AvgIpc) is 2.46. The van der Waals surface area contributed by atoms with Crippen molar-refractivity contribution in [2.24, 2.45) is 0 Å². The fraction of sp³-hybridized carbons (Fsp3) is 0.611. The van der Waals surface area contributed by atoms with Crippen molar-refractivity contribution in [2.45, 2.75) is 52.2 Å². The maximum atomic E-state index is 11.8. The molecular weight excluding hydrogens is 292 g/mol. The van der Waals surface area contributed by atoms with E-state index in [0.29, 0.717) is 0 Å². The number of carbonyl (C=O) groups is 1. The molecule has 1 amide bonds. The van der Waals surface area contributed by atoms with Gasteiger partial charge < -0.3 is 19.7 Å². The lowest BCUT2D eigenvalue weighted by molar-refractivity contribution is 0.0497. The number of benzene rings is 1. The topological polar surface area (TPSA) is 50.8 Å². The Labute approximate surface area is 139 Å². The first-order valence-corrected chi connectivity index (χ1v) is 8.17. The van der Waals surface area contributed by atoms with Gasteiger partial charge in [-0.15, -0.1) is 0 Å². The number of hydrogen-bond donors (Lipinski definition) is 1. The summed E-state index contributed by atoms with van der Waals surface area (Å²) in [6, 6.07) is 6.43. The molecule has 0 bridgehead atoms. The monoisotopic (exact) mass is 320 g/mol. The summed E-state index contributed by atoms with van der Waals surface area (Å²) >= 11 is 0. The van der Waals surface area contributed by atoms with Crippen LogP contribution in [0.15, 0.2) is 18.2 Å². The van der Waals surface area contributed by atoms with E-state index in [4.69, 9.17) is 9.47 Å². The molecule has 1 aromatic carbocycles. The SMILES string of the molecule is COc1cc(C)ccc1N1CCC(NC(=O)OC(C)(C)C)CC1. The second-order valence-electron chi connectivity index (χ2n) is 7.08. The van der Waals surface area contributed by atoms with Gasteiger partial charge in [-0.05, 0) is 58.2 Å². The van der Waals surface area contributed by atoms with Gasteiger partial charge in [0.25, 0.3) is 0 Å². The van der Waals surface area contributed by atoms with Gasteiger partial charge in [0.1, 0.15) is 11.4 Å². The molecular formula is C18H28N2O3. The van der Waals surface area contributed by atoms with Gasteiger partial charge in [-0.25, -0.2) is 4.79 Å². The Balaban J connectivity index is 1.90. The van der Waals surface area contributed by atoms with Gasteiger partial charge in [-0.3, -0.25) is 0 Å². The van der Waals surface area contributed by atoms with Crippen LogP contribution in [0.4, 0.5) is 10.5 Å². The molecule has 1 fully saturated rings. The normalized spacial score (nSPS) is 16.1. The number of amides is 1. The molecule has 2 rings (SSSR count). The van der Waals surface area contributed by atoms with Gasteiger partial charge in [0, 0.05) is 19.1 Å². The Morgan fingerprint density at radius 2 is 1.91 bits per heavy atom. The van der Waals surface area contributed by atoms with E-state index in [2.05, 4.69) is 35.3 Å². The Kier molecular flexibility index (Phi) is 5.39. The zero-order chi connectivity index (χ0) is 17.0. The standard InChI is InChI=1S/C18H28N2O3/c1-13-6-7-15(16(12-13)22-5)20-10-8-14(9-11-20)19-17(21)23-18(2,3)4/h6-7,12,14H,8-11H2,1-5H3,(H,19,21). The maximum Gasteiger partial charge on any atom is 0.407 e. The van der Waals surface area contributed by atoms with E-state index in [-0.39, 0.29) is 12.1 Å². The molecule has 1 N–H and O–H groups in total. The van der Waals surface area contributed by atoms with Crippen molar-refractivity contribution < 1.29 is 14.3 Å². The molecule has 1 aliphatic rings. The van der Waals surface area contributed by atoms with Crippen molar-refractivity contribution >= 4 is 11.8 Å². The van der Waals surface area contributed by atoms with Gasteiger partial charge in [0.05, 0.1) is 12.8 Å². The summed E-state index contributed by atoms with van der Waals surface area (Å²) in [6.45, 7) is 9.46. The largest absolute Gasteiger partial charge is 0.495 e. The number of carbonyl (C=O) groups excluding carboxylic acids is 1. The van der Waals surface area contributed by atoms with E-state index >= 15 is 0 Å². The second kappa shape index (κ2) is 7.11. The summed E-state index contributed by atoms with van der Waals surface area (Å²) in [6.07, 6.45) is 1.47. The highest BCUT2D eigenvalue weighted by molar-refractivity contribution is 5.68. The Bertz CT molecular complexity index is 544. The number of nitrogens with one attached hydrogen (secondary N) is 1. The van der Waals surface area contributed by atoms with Gasteiger partial charge in [-0.1, -0.05) is 6.07 Å². The number of hydrogen-bond acceptors (Lipinski definition) is 4. The van der Waals surface area contributed by atoms with E-state index in [1.54, 1.807) is 7.11 Å². The maximum absolute atomic E-state index is 11.8. The fourth-order valence-electron chi connectivity index (χ4n) is 2.79. The first-order chi connectivity index (χ1) is 10.8. The van der Waals surface area contributed by atoms with Crippen LogP contribution in [0.2, 0.25) is 0 Å². The Hall–Kier alpha value is -1.91. The lowest BCUT2D eigenvalue weighted by Gasteiger charge is -2.35. The number of alkyl carbamates (subject to hydrolysis) is 1. The lowest BCUT2D eigenvalue weighted by Crippen LogP contribution is -2.46. The summed E-state index contributed by atoms with van der Waals surface area (Å²) < 4.78 is 10.8. The van der Waals surface area contributed by atoms with Crippen LogP contribution in [0.5, 0.6) is 5.75 Å². The fourth-order valence-corrected chi connectivity index (χ4v) is 2.79. The number of rotatable bonds is 3. The van der Waals surface area contributed by atoms with E-state index < -0.39 is 5.60 Å². The molecule has 0 aliphatic carbocycles. The minimum absolute atomic E-state index is 0.164. The zero-order valence-electron chi connectivity index (χ0n) is 14.8.